The van der Waals surface area contributed by atoms with E-state index in [0.29, 0.717) is 24.3 Å². The van der Waals surface area contributed by atoms with Crippen molar-refractivity contribution < 1.29 is 4.79 Å². The molecule has 3 saturated heterocycles. The van der Waals surface area contributed by atoms with Crippen molar-refractivity contribution in [3.8, 4) is 0 Å². The zero-order valence-electron chi connectivity index (χ0n) is 15.2. The predicted molar refractivity (Wildman–Crippen MR) is 105 cm³/mol. The van der Waals surface area contributed by atoms with Crippen LogP contribution in [0.2, 0.25) is 0 Å². The highest BCUT2D eigenvalue weighted by Crippen LogP contribution is 2.29. The maximum Gasteiger partial charge on any atom is 0.222 e. The number of carbonyl (C=O) groups excluding carboxylic acids is 1. The SMILES string of the molecule is O=C(CCCc1cccs1)N1CC2CCC1CN(Cc1ccccn1)C2. The quantitative estimate of drug-likeness (QED) is 0.781. The molecule has 4 nitrogen and oxygen atoms in total. The van der Waals surface area contributed by atoms with Gasteiger partial charge in [0.15, 0.2) is 0 Å². The summed E-state index contributed by atoms with van der Waals surface area (Å²) in [7, 11) is 0. The van der Waals surface area contributed by atoms with Crippen molar-refractivity contribution >= 4 is 17.2 Å². The van der Waals surface area contributed by atoms with Gasteiger partial charge in [0, 0.05) is 49.7 Å². The molecule has 2 unspecified atom stereocenters. The number of carbonyl (C=O) groups is 1. The Labute approximate surface area is 159 Å². The molecular weight excluding hydrogens is 342 g/mol. The molecule has 0 aliphatic carbocycles. The number of rotatable bonds is 6. The number of hydrogen-bond donors (Lipinski definition) is 0. The van der Waals surface area contributed by atoms with E-state index >= 15 is 0 Å². The van der Waals surface area contributed by atoms with Gasteiger partial charge in [-0.2, -0.15) is 0 Å². The monoisotopic (exact) mass is 369 g/mol. The first-order valence-electron chi connectivity index (χ1n) is 9.72. The van der Waals surface area contributed by atoms with Crippen molar-refractivity contribution in [2.45, 2.75) is 44.7 Å². The third-order valence-electron chi connectivity index (χ3n) is 5.62. The Morgan fingerprint density at radius 1 is 1.15 bits per heavy atom. The average molecular weight is 370 g/mol. The lowest BCUT2D eigenvalue weighted by Gasteiger charge is -2.36. The fourth-order valence-corrected chi connectivity index (χ4v) is 5.10. The second-order valence-corrected chi connectivity index (χ2v) is 8.62. The Bertz CT molecular complexity index is 703. The van der Waals surface area contributed by atoms with Crippen molar-refractivity contribution in [2.75, 3.05) is 19.6 Å². The minimum atomic E-state index is 0.357. The molecule has 0 radical (unpaired) electrons. The van der Waals surface area contributed by atoms with E-state index in [9.17, 15) is 4.79 Å². The van der Waals surface area contributed by atoms with Gasteiger partial charge in [-0.05, 0) is 55.2 Å². The number of aromatic nitrogens is 1. The van der Waals surface area contributed by atoms with Gasteiger partial charge in [0.25, 0.3) is 0 Å². The normalized spacial score (nSPS) is 23.2. The molecule has 26 heavy (non-hydrogen) atoms. The van der Waals surface area contributed by atoms with Crippen molar-refractivity contribution in [3.63, 3.8) is 0 Å². The fraction of sp³-hybridized carbons (Fsp3) is 0.524. The van der Waals surface area contributed by atoms with Crippen LogP contribution < -0.4 is 0 Å². The summed E-state index contributed by atoms with van der Waals surface area (Å²) < 4.78 is 0. The zero-order chi connectivity index (χ0) is 17.8. The van der Waals surface area contributed by atoms with Crippen LogP contribution in [0.4, 0.5) is 0 Å². The number of aryl methyl sites for hydroxylation is 1. The molecule has 0 saturated carbocycles. The van der Waals surface area contributed by atoms with Crippen LogP contribution in [0, 0.1) is 5.92 Å². The molecule has 5 heteroatoms. The van der Waals surface area contributed by atoms with Gasteiger partial charge in [0.05, 0.1) is 5.69 Å². The third kappa shape index (κ3) is 4.33. The molecule has 0 N–H and O–H groups in total. The van der Waals surface area contributed by atoms with Crippen LogP contribution in [0.25, 0.3) is 0 Å². The maximum atomic E-state index is 12.8. The van der Waals surface area contributed by atoms with Gasteiger partial charge >= 0.3 is 0 Å². The van der Waals surface area contributed by atoms with Gasteiger partial charge in [-0.25, -0.2) is 0 Å². The molecule has 2 bridgehead atoms. The summed E-state index contributed by atoms with van der Waals surface area (Å²) in [5.74, 6) is 0.967. The first-order chi connectivity index (χ1) is 12.8. The van der Waals surface area contributed by atoms with Gasteiger partial charge in [-0.1, -0.05) is 12.1 Å². The Balaban J connectivity index is 1.33. The molecule has 3 aliphatic heterocycles. The highest BCUT2D eigenvalue weighted by Gasteiger charge is 2.36. The van der Waals surface area contributed by atoms with E-state index in [-0.39, 0.29) is 0 Å². The second kappa shape index (κ2) is 8.31. The van der Waals surface area contributed by atoms with E-state index in [2.05, 4.69) is 44.4 Å². The summed E-state index contributed by atoms with van der Waals surface area (Å²) in [5, 5.41) is 2.11. The number of amides is 1. The molecule has 138 valence electrons. The number of hydrogen-bond acceptors (Lipinski definition) is 4. The lowest BCUT2D eigenvalue weighted by molar-refractivity contribution is -0.135. The Morgan fingerprint density at radius 2 is 2.12 bits per heavy atom. The van der Waals surface area contributed by atoms with Crippen molar-refractivity contribution in [3.05, 3.63) is 52.5 Å². The van der Waals surface area contributed by atoms with E-state index in [0.717, 1.165) is 51.1 Å². The van der Waals surface area contributed by atoms with Crippen molar-refractivity contribution in [2.24, 2.45) is 5.92 Å². The van der Waals surface area contributed by atoms with E-state index in [1.54, 1.807) is 11.3 Å². The lowest BCUT2D eigenvalue weighted by Crippen LogP contribution is -2.47. The predicted octanol–water partition coefficient (Wildman–Crippen LogP) is 3.59. The maximum absolute atomic E-state index is 12.8. The van der Waals surface area contributed by atoms with Crippen molar-refractivity contribution in [1.82, 2.24) is 14.8 Å². The largest absolute Gasteiger partial charge is 0.338 e. The summed E-state index contributed by atoms with van der Waals surface area (Å²) >= 11 is 1.79. The summed E-state index contributed by atoms with van der Waals surface area (Å²) in [6, 6.07) is 10.8. The molecule has 2 aromatic heterocycles. The molecule has 2 aromatic rings. The molecule has 5 rings (SSSR count). The summed E-state index contributed by atoms with van der Waals surface area (Å²) in [6.07, 6.45) is 6.94. The van der Waals surface area contributed by atoms with Crippen LogP contribution in [0.15, 0.2) is 41.9 Å². The first kappa shape index (κ1) is 17.7. The standard InChI is InChI=1S/C21H27N3OS/c25-21(8-3-6-20-7-4-12-26-20)24-14-17-9-10-19(24)16-23(13-17)15-18-5-1-2-11-22-18/h1-2,4-5,7,11-12,17,19H,3,6,8-10,13-16H2. The summed E-state index contributed by atoms with van der Waals surface area (Å²) in [4.78, 5) is 23.4. The minimum absolute atomic E-state index is 0.357. The number of thiophene rings is 1. The highest BCUT2D eigenvalue weighted by atomic mass is 32.1. The lowest BCUT2D eigenvalue weighted by atomic mass is 9.94. The summed E-state index contributed by atoms with van der Waals surface area (Å²) in [6.45, 7) is 3.92. The number of nitrogens with zero attached hydrogens (tertiary/aromatic N) is 3. The van der Waals surface area contributed by atoms with E-state index in [4.69, 9.17) is 0 Å². The summed E-state index contributed by atoms with van der Waals surface area (Å²) in [5.41, 5.74) is 1.13. The first-order valence-corrected chi connectivity index (χ1v) is 10.6. The van der Waals surface area contributed by atoms with Gasteiger partial charge in [-0.15, -0.1) is 11.3 Å². The second-order valence-electron chi connectivity index (χ2n) is 7.59. The Morgan fingerprint density at radius 3 is 2.92 bits per heavy atom. The van der Waals surface area contributed by atoms with E-state index in [1.807, 2.05) is 12.3 Å². The van der Waals surface area contributed by atoms with Crippen LogP contribution in [0.3, 0.4) is 0 Å². The smallest absolute Gasteiger partial charge is 0.222 e. The molecule has 1 amide bonds. The average Bonchev–Trinajstić information content (AvgIpc) is 3.02. The highest BCUT2D eigenvalue weighted by molar-refractivity contribution is 7.09. The number of fused-ring (bicyclic) bond motifs is 4. The molecule has 2 atom stereocenters. The van der Waals surface area contributed by atoms with Gasteiger partial charge < -0.3 is 4.90 Å². The molecule has 0 spiro atoms. The third-order valence-corrected chi connectivity index (χ3v) is 6.55. The van der Waals surface area contributed by atoms with E-state index in [1.165, 1.54) is 11.3 Å². The molecule has 0 aromatic carbocycles. The van der Waals surface area contributed by atoms with Crippen LogP contribution in [0.1, 0.15) is 36.3 Å². The van der Waals surface area contributed by atoms with Gasteiger partial charge in [0.1, 0.15) is 0 Å². The molecule has 5 heterocycles. The molecular formula is C21H27N3OS. The molecule has 3 fully saturated rings. The van der Waals surface area contributed by atoms with Crippen LogP contribution in [0.5, 0.6) is 0 Å². The minimum Gasteiger partial charge on any atom is -0.338 e. The Kier molecular flexibility index (Phi) is 5.65. The number of pyridine rings is 1. The van der Waals surface area contributed by atoms with Crippen molar-refractivity contribution in [1.29, 1.82) is 0 Å². The number of piperidine rings is 1. The van der Waals surface area contributed by atoms with Crippen LogP contribution in [-0.4, -0.2) is 46.4 Å². The van der Waals surface area contributed by atoms with E-state index < -0.39 is 0 Å². The molecule has 3 aliphatic rings. The topological polar surface area (TPSA) is 36.4 Å². The van der Waals surface area contributed by atoms with Crippen LogP contribution in [-0.2, 0) is 17.8 Å². The fourth-order valence-electron chi connectivity index (χ4n) is 4.35. The zero-order valence-corrected chi connectivity index (χ0v) is 16.0. The van der Waals surface area contributed by atoms with Gasteiger partial charge in [-0.3, -0.25) is 14.7 Å². The van der Waals surface area contributed by atoms with Crippen LogP contribution >= 0.6 is 11.3 Å². The Hall–Kier alpha value is -1.72. The van der Waals surface area contributed by atoms with Gasteiger partial charge in [0.2, 0.25) is 5.91 Å².